The predicted octanol–water partition coefficient (Wildman–Crippen LogP) is 3.25. The van der Waals surface area contributed by atoms with Gasteiger partial charge in [0.25, 0.3) is 0 Å². The number of aromatic nitrogens is 1. The second-order valence-corrected chi connectivity index (χ2v) is 5.32. The lowest BCUT2D eigenvalue weighted by Crippen LogP contribution is -2.15. The molecule has 0 radical (unpaired) electrons. The smallest absolute Gasteiger partial charge is 0.231 e. The highest BCUT2D eigenvalue weighted by Gasteiger charge is 2.09. The number of anilines is 1. The third-order valence-electron chi connectivity index (χ3n) is 2.72. The molecule has 1 heterocycles. The van der Waals surface area contributed by atoms with Crippen LogP contribution in [-0.2, 0) is 11.2 Å². The molecule has 0 saturated heterocycles. The molecular formula is C14H16N2OS. The van der Waals surface area contributed by atoms with E-state index in [4.69, 9.17) is 0 Å². The lowest BCUT2D eigenvalue weighted by atomic mass is 10.1. The van der Waals surface area contributed by atoms with E-state index in [2.05, 4.69) is 10.3 Å². The summed E-state index contributed by atoms with van der Waals surface area (Å²) >= 11 is 1.52. The molecule has 4 heteroatoms. The first kappa shape index (κ1) is 12.8. The Morgan fingerprint density at radius 1 is 1.28 bits per heavy atom. The van der Waals surface area contributed by atoms with Crippen molar-refractivity contribution < 1.29 is 4.79 Å². The summed E-state index contributed by atoms with van der Waals surface area (Å²) in [6, 6.07) is 5.98. The summed E-state index contributed by atoms with van der Waals surface area (Å²) in [5.41, 5.74) is 4.04. The number of hydrogen-bond acceptors (Lipinski definition) is 3. The van der Waals surface area contributed by atoms with Crippen LogP contribution in [0.3, 0.4) is 0 Å². The Hall–Kier alpha value is -1.68. The number of carbonyl (C=O) groups is 1. The number of aryl methyl sites for hydroxylation is 3. The van der Waals surface area contributed by atoms with Crippen molar-refractivity contribution in [3.05, 3.63) is 45.4 Å². The first-order valence-corrected chi connectivity index (χ1v) is 6.71. The zero-order valence-electron chi connectivity index (χ0n) is 10.8. The SMILES string of the molecule is Cc1csc(CC(=O)Nc2c(C)cccc2C)n1. The maximum atomic E-state index is 12.0. The maximum Gasteiger partial charge on any atom is 0.231 e. The van der Waals surface area contributed by atoms with Crippen molar-refractivity contribution in [2.45, 2.75) is 27.2 Å². The molecule has 0 unspecified atom stereocenters. The van der Waals surface area contributed by atoms with Crippen molar-refractivity contribution in [1.29, 1.82) is 0 Å². The Morgan fingerprint density at radius 2 is 1.94 bits per heavy atom. The molecule has 2 rings (SSSR count). The summed E-state index contributed by atoms with van der Waals surface area (Å²) in [5.74, 6) is -0.0123. The molecule has 18 heavy (non-hydrogen) atoms. The number of amides is 1. The van der Waals surface area contributed by atoms with E-state index in [0.717, 1.165) is 27.5 Å². The van der Waals surface area contributed by atoms with Crippen LogP contribution in [0.1, 0.15) is 21.8 Å². The molecular weight excluding hydrogens is 244 g/mol. The zero-order chi connectivity index (χ0) is 13.1. The summed E-state index contributed by atoms with van der Waals surface area (Å²) in [6.45, 7) is 5.93. The van der Waals surface area contributed by atoms with Crippen molar-refractivity contribution in [2.75, 3.05) is 5.32 Å². The van der Waals surface area contributed by atoms with Crippen LogP contribution in [-0.4, -0.2) is 10.9 Å². The second kappa shape index (κ2) is 5.31. The first-order chi connectivity index (χ1) is 8.56. The van der Waals surface area contributed by atoms with E-state index in [9.17, 15) is 4.79 Å². The number of rotatable bonds is 3. The molecule has 2 aromatic rings. The Balaban J connectivity index is 2.08. The van der Waals surface area contributed by atoms with Gasteiger partial charge in [-0.15, -0.1) is 11.3 Å². The third kappa shape index (κ3) is 2.96. The highest BCUT2D eigenvalue weighted by molar-refractivity contribution is 7.09. The third-order valence-corrected chi connectivity index (χ3v) is 3.69. The van der Waals surface area contributed by atoms with Gasteiger partial charge in [0.15, 0.2) is 0 Å². The second-order valence-electron chi connectivity index (χ2n) is 4.37. The molecule has 0 fully saturated rings. The highest BCUT2D eigenvalue weighted by atomic mass is 32.1. The van der Waals surface area contributed by atoms with Gasteiger partial charge in [-0.1, -0.05) is 18.2 Å². The standard InChI is InChI=1S/C14H16N2OS/c1-9-5-4-6-10(2)14(9)16-12(17)7-13-15-11(3)8-18-13/h4-6,8H,7H2,1-3H3,(H,16,17). The molecule has 1 amide bonds. The van der Waals surface area contributed by atoms with Crippen molar-refractivity contribution in [3.63, 3.8) is 0 Å². The van der Waals surface area contributed by atoms with Crippen LogP contribution < -0.4 is 5.32 Å². The number of para-hydroxylation sites is 1. The van der Waals surface area contributed by atoms with Crippen LogP contribution in [0.2, 0.25) is 0 Å². The van der Waals surface area contributed by atoms with Crippen LogP contribution >= 0.6 is 11.3 Å². The lowest BCUT2D eigenvalue weighted by Gasteiger charge is -2.10. The summed E-state index contributed by atoms with van der Waals surface area (Å²) in [5, 5.41) is 5.78. The number of carbonyl (C=O) groups excluding carboxylic acids is 1. The highest BCUT2D eigenvalue weighted by Crippen LogP contribution is 2.20. The molecule has 0 aliphatic heterocycles. The van der Waals surface area contributed by atoms with E-state index >= 15 is 0 Å². The van der Waals surface area contributed by atoms with E-state index in [-0.39, 0.29) is 5.91 Å². The van der Waals surface area contributed by atoms with Crippen LogP contribution in [0.25, 0.3) is 0 Å². The molecule has 0 saturated carbocycles. The monoisotopic (exact) mass is 260 g/mol. The zero-order valence-corrected chi connectivity index (χ0v) is 11.6. The van der Waals surface area contributed by atoms with Crippen molar-refractivity contribution in [3.8, 4) is 0 Å². The van der Waals surface area contributed by atoms with Crippen LogP contribution in [0.5, 0.6) is 0 Å². The van der Waals surface area contributed by atoms with Gasteiger partial charge in [0, 0.05) is 16.8 Å². The molecule has 94 valence electrons. The Kier molecular flexibility index (Phi) is 3.77. The first-order valence-electron chi connectivity index (χ1n) is 5.83. The quantitative estimate of drug-likeness (QED) is 0.920. The van der Waals surface area contributed by atoms with E-state index in [1.807, 2.05) is 44.4 Å². The van der Waals surface area contributed by atoms with Gasteiger partial charge >= 0.3 is 0 Å². The summed E-state index contributed by atoms with van der Waals surface area (Å²) in [6.07, 6.45) is 0.340. The summed E-state index contributed by atoms with van der Waals surface area (Å²) in [7, 11) is 0. The normalized spacial score (nSPS) is 10.4. The fraction of sp³-hybridized carbons (Fsp3) is 0.286. The Labute approximate surface area is 111 Å². The van der Waals surface area contributed by atoms with E-state index in [1.165, 1.54) is 11.3 Å². The van der Waals surface area contributed by atoms with Gasteiger partial charge in [-0.25, -0.2) is 4.98 Å². The van der Waals surface area contributed by atoms with E-state index in [0.29, 0.717) is 6.42 Å². The summed E-state index contributed by atoms with van der Waals surface area (Å²) < 4.78 is 0. The van der Waals surface area contributed by atoms with Crippen molar-refractivity contribution in [1.82, 2.24) is 4.98 Å². The van der Waals surface area contributed by atoms with Gasteiger partial charge < -0.3 is 5.32 Å². The predicted molar refractivity (Wildman–Crippen MR) is 75.1 cm³/mol. The largest absolute Gasteiger partial charge is 0.325 e. The molecule has 0 aliphatic rings. The molecule has 1 aromatic carbocycles. The number of nitrogens with one attached hydrogen (secondary N) is 1. The van der Waals surface area contributed by atoms with E-state index < -0.39 is 0 Å². The van der Waals surface area contributed by atoms with Crippen molar-refractivity contribution in [2.24, 2.45) is 0 Å². The van der Waals surface area contributed by atoms with E-state index in [1.54, 1.807) is 0 Å². The van der Waals surface area contributed by atoms with Crippen LogP contribution in [0.4, 0.5) is 5.69 Å². The fourth-order valence-corrected chi connectivity index (χ4v) is 2.59. The number of thiazole rings is 1. The van der Waals surface area contributed by atoms with Gasteiger partial charge in [-0.2, -0.15) is 0 Å². The van der Waals surface area contributed by atoms with Gasteiger partial charge in [-0.05, 0) is 31.9 Å². The molecule has 0 bridgehead atoms. The maximum absolute atomic E-state index is 12.0. The lowest BCUT2D eigenvalue weighted by molar-refractivity contribution is -0.115. The number of benzene rings is 1. The van der Waals surface area contributed by atoms with Gasteiger partial charge in [0.1, 0.15) is 5.01 Å². The molecule has 1 aromatic heterocycles. The van der Waals surface area contributed by atoms with Crippen molar-refractivity contribution >= 4 is 22.9 Å². The molecule has 0 atom stereocenters. The molecule has 0 spiro atoms. The minimum Gasteiger partial charge on any atom is -0.325 e. The fourth-order valence-electron chi connectivity index (χ4n) is 1.82. The Bertz CT molecular complexity index is 555. The molecule has 0 aliphatic carbocycles. The minimum absolute atomic E-state index is 0.0123. The number of hydrogen-bond donors (Lipinski definition) is 1. The van der Waals surface area contributed by atoms with Gasteiger partial charge in [0.2, 0.25) is 5.91 Å². The Morgan fingerprint density at radius 3 is 2.50 bits per heavy atom. The summed E-state index contributed by atoms with van der Waals surface area (Å²) in [4.78, 5) is 16.2. The van der Waals surface area contributed by atoms with Crippen LogP contribution in [0, 0.1) is 20.8 Å². The average Bonchev–Trinajstić information content (AvgIpc) is 2.69. The average molecular weight is 260 g/mol. The topological polar surface area (TPSA) is 42.0 Å². The van der Waals surface area contributed by atoms with Gasteiger partial charge in [0.05, 0.1) is 6.42 Å². The number of nitrogens with zero attached hydrogens (tertiary/aromatic N) is 1. The van der Waals surface area contributed by atoms with Gasteiger partial charge in [-0.3, -0.25) is 4.79 Å². The molecule has 3 nitrogen and oxygen atoms in total. The minimum atomic E-state index is -0.0123. The van der Waals surface area contributed by atoms with Crippen LogP contribution in [0.15, 0.2) is 23.6 Å². The molecule has 1 N–H and O–H groups in total.